The molecule has 0 radical (unpaired) electrons. The van der Waals surface area contributed by atoms with Crippen LogP contribution >= 0.6 is 23.2 Å². The molecule has 0 spiro atoms. The Balaban J connectivity index is 1.81. The van der Waals surface area contributed by atoms with Crippen molar-refractivity contribution in [3.8, 4) is 0 Å². The molecule has 0 saturated carbocycles. The van der Waals surface area contributed by atoms with Crippen molar-refractivity contribution in [2.45, 2.75) is 20.0 Å². The summed E-state index contributed by atoms with van der Waals surface area (Å²) in [5.41, 5.74) is 3.19. The van der Waals surface area contributed by atoms with Crippen LogP contribution in [0.2, 0.25) is 10.0 Å². The standard InChI is InChI=1S/C20H17Cl2N5O/c1-11-6-8-13(9-7-11)18-25-19(24-15-5-3-4-14(21)17(15)22)26-20-23-12(2)10-16(28)27(18)20/h3-10,18H,1-2H3,(H2,23,24,25,26)/p+1. The molecule has 2 heterocycles. The molecule has 1 aliphatic rings. The van der Waals surface area contributed by atoms with Crippen molar-refractivity contribution >= 4 is 40.8 Å². The maximum absolute atomic E-state index is 12.7. The molecule has 1 unspecified atom stereocenters. The van der Waals surface area contributed by atoms with Gasteiger partial charge in [0.1, 0.15) is 5.69 Å². The van der Waals surface area contributed by atoms with Crippen molar-refractivity contribution in [1.82, 2.24) is 9.55 Å². The van der Waals surface area contributed by atoms with Crippen molar-refractivity contribution in [3.63, 3.8) is 0 Å². The lowest BCUT2D eigenvalue weighted by atomic mass is 10.1. The second kappa shape index (κ2) is 7.30. The third-order valence-corrected chi connectivity index (χ3v) is 5.28. The molecular formula is C20H18Cl2N5O+. The molecule has 0 aliphatic carbocycles. The lowest BCUT2D eigenvalue weighted by Gasteiger charge is -2.23. The number of hydrogen-bond acceptors (Lipinski definition) is 4. The Labute approximate surface area is 171 Å². The van der Waals surface area contributed by atoms with Gasteiger partial charge in [0.25, 0.3) is 11.5 Å². The highest BCUT2D eigenvalue weighted by atomic mass is 35.5. The second-order valence-electron chi connectivity index (χ2n) is 6.61. The highest BCUT2D eigenvalue weighted by Gasteiger charge is 2.29. The van der Waals surface area contributed by atoms with Crippen LogP contribution in [0.1, 0.15) is 23.0 Å². The Hall–Kier alpha value is -2.83. The average Bonchev–Trinajstić information content (AvgIpc) is 2.65. The Morgan fingerprint density at radius 2 is 1.89 bits per heavy atom. The van der Waals surface area contributed by atoms with E-state index in [1.807, 2.05) is 37.3 Å². The number of rotatable bonds is 2. The largest absolute Gasteiger partial charge is 0.357 e. The number of halogens is 2. The van der Waals surface area contributed by atoms with Gasteiger partial charge in [-0.3, -0.25) is 9.79 Å². The van der Waals surface area contributed by atoms with E-state index in [-0.39, 0.29) is 5.56 Å². The van der Waals surface area contributed by atoms with E-state index in [1.165, 1.54) is 6.07 Å². The third-order valence-electron chi connectivity index (χ3n) is 4.46. The number of aryl methyl sites for hydroxylation is 2. The summed E-state index contributed by atoms with van der Waals surface area (Å²) in [5, 5.41) is 7.19. The molecular weight excluding hydrogens is 397 g/mol. The minimum atomic E-state index is -0.432. The summed E-state index contributed by atoms with van der Waals surface area (Å²) in [6.07, 6.45) is -0.432. The van der Waals surface area contributed by atoms with Gasteiger partial charge in [-0.1, -0.05) is 59.1 Å². The first-order valence-corrected chi connectivity index (χ1v) is 9.46. The fourth-order valence-electron chi connectivity index (χ4n) is 3.08. The summed E-state index contributed by atoms with van der Waals surface area (Å²) < 4.78 is 1.59. The van der Waals surface area contributed by atoms with Gasteiger partial charge in [0.2, 0.25) is 0 Å². The lowest BCUT2D eigenvalue weighted by molar-refractivity contribution is -0.520. The van der Waals surface area contributed by atoms with Crippen LogP contribution in [0, 0.1) is 13.8 Å². The number of fused-ring (bicyclic) bond motifs is 1. The molecule has 3 N–H and O–H groups in total. The Kier molecular flexibility index (Phi) is 4.83. The average molecular weight is 415 g/mol. The molecule has 8 heteroatoms. The van der Waals surface area contributed by atoms with Crippen LogP contribution in [0.15, 0.2) is 53.3 Å². The van der Waals surface area contributed by atoms with Crippen LogP contribution in [0.25, 0.3) is 0 Å². The summed E-state index contributed by atoms with van der Waals surface area (Å²) in [7, 11) is 0. The number of nitrogens with zero attached hydrogens (tertiary/aromatic N) is 2. The number of anilines is 2. The van der Waals surface area contributed by atoms with Gasteiger partial charge in [0, 0.05) is 17.3 Å². The van der Waals surface area contributed by atoms with E-state index < -0.39 is 6.17 Å². The molecule has 0 amide bonds. The minimum absolute atomic E-state index is 0.145. The van der Waals surface area contributed by atoms with Gasteiger partial charge in [-0.05, 0) is 26.0 Å². The monoisotopic (exact) mass is 414 g/mol. The van der Waals surface area contributed by atoms with Crippen molar-refractivity contribution in [2.24, 2.45) is 0 Å². The molecule has 1 atom stereocenters. The topological polar surface area (TPSA) is 72.9 Å². The molecule has 0 fully saturated rings. The van der Waals surface area contributed by atoms with Gasteiger partial charge < -0.3 is 0 Å². The van der Waals surface area contributed by atoms with Crippen molar-refractivity contribution < 1.29 is 4.99 Å². The number of benzene rings is 2. The fourth-order valence-corrected chi connectivity index (χ4v) is 3.42. The molecule has 0 bridgehead atoms. The minimum Gasteiger partial charge on any atom is -0.269 e. The summed E-state index contributed by atoms with van der Waals surface area (Å²) in [5.74, 6) is 0.988. The zero-order valence-electron chi connectivity index (χ0n) is 15.3. The van der Waals surface area contributed by atoms with Gasteiger partial charge in [-0.25, -0.2) is 20.2 Å². The van der Waals surface area contributed by atoms with Crippen molar-refractivity contribution in [3.05, 3.63) is 85.8 Å². The predicted molar refractivity (Wildman–Crippen MR) is 112 cm³/mol. The quantitative estimate of drug-likeness (QED) is 0.602. The second-order valence-corrected chi connectivity index (χ2v) is 7.40. The smallest absolute Gasteiger partial charge is 0.269 e. The summed E-state index contributed by atoms with van der Waals surface area (Å²) in [4.78, 5) is 20.5. The van der Waals surface area contributed by atoms with E-state index in [9.17, 15) is 4.79 Å². The number of guanidine groups is 1. The van der Waals surface area contributed by atoms with Crippen molar-refractivity contribution in [2.75, 3.05) is 10.6 Å². The summed E-state index contributed by atoms with van der Waals surface area (Å²) in [6.45, 7) is 3.80. The van der Waals surface area contributed by atoms with Crippen LogP contribution in [0.3, 0.4) is 0 Å². The maximum atomic E-state index is 12.7. The van der Waals surface area contributed by atoms with E-state index in [2.05, 4.69) is 20.6 Å². The SMILES string of the molecule is Cc1ccc(C2[NH+]=C(Nc3cccc(Cl)c3Cl)Nc3nc(C)cc(=O)n32)cc1. The molecule has 3 aromatic rings. The predicted octanol–water partition coefficient (Wildman–Crippen LogP) is 2.69. The first-order chi connectivity index (χ1) is 13.4. The van der Waals surface area contributed by atoms with E-state index in [0.717, 1.165) is 11.1 Å². The number of nitrogens with one attached hydrogen (secondary N) is 3. The molecule has 0 saturated heterocycles. The van der Waals surface area contributed by atoms with Crippen molar-refractivity contribution in [1.29, 1.82) is 0 Å². The summed E-state index contributed by atoms with van der Waals surface area (Å²) >= 11 is 12.4. The van der Waals surface area contributed by atoms with E-state index in [0.29, 0.717) is 33.3 Å². The number of hydrogen-bond donors (Lipinski definition) is 3. The zero-order valence-corrected chi connectivity index (χ0v) is 16.8. The summed E-state index contributed by atoms with van der Waals surface area (Å²) in [6, 6.07) is 14.8. The normalized spacial score (nSPS) is 15.4. The van der Waals surface area contributed by atoms with Crippen LogP contribution < -0.4 is 21.2 Å². The van der Waals surface area contributed by atoms with Gasteiger partial charge in [-0.2, -0.15) is 0 Å². The molecule has 2 aromatic carbocycles. The molecule has 1 aliphatic heterocycles. The van der Waals surface area contributed by atoms with Crippen LogP contribution in [0.5, 0.6) is 0 Å². The Bertz CT molecular complexity index is 1140. The van der Waals surface area contributed by atoms with Crippen LogP contribution in [-0.4, -0.2) is 15.5 Å². The van der Waals surface area contributed by atoms with E-state index in [4.69, 9.17) is 23.2 Å². The first kappa shape index (κ1) is 18.5. The molecule has 28 heavy (non-hydrogen) atoms. The third kappa shape index (κ3) is 3.48. The molecule has 4 rings (SSSR count). The van der Waals surface area contributed by atoms with Gasteiger partial charge in [-0.15, -0.1) is 0 Å². The van der Waals surface area contributed by atoms with E-state index >= 15 is 0 Å². The lowest BCUT2D eigenvalue weighted by Crippen LogP contribution is -2.82. The number of aromatic nitrogens is 2. The highest BCUT2D eigenvalue weighted by molar-refractivity contribution is 6.44. The molecule has 142 valence electrons. The first-order valence-electron chi connectivity index (χ1n) is 8.70. The van der Waals surface area contributed by atoms with Gasteiger partial charge in [0.05, 0.1) is 10.0 Å². The fraction of sp³-hybridized carbons (Fsp3) is 0.150. The Morgan fingerprint density at radius 1 is 1.14 bits per heavy atom. The van der Waals surface area contributed by atoms with Crippen LogP contribution in [0.4, 0.5) is 11.6 Å². The highest BCUT2D eigenvalue weighted by Crippen LogP contribution is 2.29. The Morgan fingerprint density at radius 3 is 2.64 bits per heavy atom. The van der Waals surface area contributed by atoms with E-state index in [1.54, 1.807) is 23.6 Å². The van der Waals surface area contributed by atoms with Gasteiger partial charge >= 0.3 is 5.96 Å². The zero-order chi connectivity index (χ0) is 19.8. The molecule has 1 aromatic heterocycles. The van der Waals surface area contributed by atoms with Gasteiger partial charge in [0.15, 0.2) is 6.17 Å². The molecule has 6 nitrogen and oxygen atoms in total. The van der Waals surface area contributed by atoms with Crippen LogP contribution in [-0.2, 0) is 0 Å². The maximum Gasteiger partial charge on any atom is 0.357 e.